The van der Waals surface area contributed by atoms with Gasteiger partial charge in [-0.3, -0.25) is 0 Å². The minimum atomic E-state index is -3.65. The second-order valence-corrected chi connectivity index (χ2v) is 11.9. The van der Waals surface area contributed by atoms with Crippen molar-refractivity contribution in [2.75, 3.05) is 26.7 Å². The lowest BCUT2D eigenvalue weighted by Gasteiger charge is -2.43. The fourth-order valence-electron chi connectivity index (χ4n) is 6.74. The van der Waals surface area contributed by atoms with Gasteiger partial charge in [0.15, 0.2) is 0 Å². The number of hydrogen-bond donors (Lipinski definition) is 2. The van der Waals surface area contributed by atoms with Gasteiger partial charge >= 0.3 is 0 Å². The average Bonchev–Trinajstić information content (AvgIpc) is 3.38. The molecule has 176 valence electrons. The molecule has 1 fully saturated rings. The van der Waals surface area contributed by atoms with Gasteiger partial charge < -0.3 is 10.0 Å². The molecule has 0 unspecified atom stereocenters. The summed E-state index contributed by atoms with van der Waals surface area (Å²) < 4.78 is 27.6. The van der Waals surface area contributed by atoms with E-state index in [1.807, 2.05) is 0 Å². The van der Waals surface area contributed by atoms with Crippen LogP contribution in [-0.2, 0) is 21.0 Å². The average molecular weight is 475 g/mol. The Kier molecular flexibility index (Phi) is 5.01. The van der Waals surface area contributed by atoms with Gasteiger partial charge in [-0.1, -0.05) is 66.7 Å². The van der Waals surface area contributed by atoms with Crippen LogP contribution in [0, 0.1) is 0 Å². The minimum Gasteiger partial charge on any atom is -0.385 e. The van der Waals surface area contributed by atoms with Crippen molar-refractivity contribution in [3.05, 3.63) is 101 Å². The van der Waals surface area contributed by atoms with Crippen LogP contribution >= 0.6 is 0 Å². The standard InChI is InChI=1S/C28H30N2O3S/c1-29-34(32,33)26-13-7-6-12-25(26)28(31)14-16-30(17-15-28)19-27-18-22(20-8-2-4-10-23(20)27)21-9-3-5-11-24(21)27/h2-13,22,29,31H,14-19H2,1H3. The number of likely N-dealkylation sites (tertiary alicyclic amines) is 1. The second kappa shape index (κ2) is 7.75. The fraction of sp³-hybridized carbons (Fsp3) is 0.357. The Morgan fingerprint density at radius 3 is 2.00 bits per heavy atom. The summed E-state index contributed by atoms with van der Waals surface area (Å²) in [5, 5.41) is 11.6. The molecule has 0 spiro atoms. The largest absolute Gasteiger partial charge is 0.385 e. The van der Waals surface area contributed by atoms with Gasteiger partial charge in [0.1, 0.15) is 0 Å². The highest BCUT2D eigenvalue weighted by Gasteiger charge is 2.53. The lowest BCUT2D eigenvalue weighted by molar-refractivity contribution is -0.0310. The summed E-state index contributed by atoms with van der Waals surface area (Å²) >= 11 is 0. The van der Waals surface area contributed by atoms with Crippen molar-refractivity contribution in [2.45, 2.75) is 41.1 Å². The molecule has 0 atom stereocenters. The van der Waals surface area contributed by atoms with Crippen molar-refractivity contribution in [2.24, 2.45) is 0 Å². The molecular weight excluding hydrogens is 444 g/mol. The topological polar surface area (TPSA) is 69.6 Å². The second-order valence-electron chi connectivity index (χ2n) is 10.0. The van der Waals surface area contributed by atoms with E-state index in [-0.39, 0.29) is 10.3 Å². The molecule has 2 aliphatic carbocycles. The first kappa shape index (κ1) is 22.0. The van der Waals surface area contributed by atoms with E-state index in [2.05, 4.69) is 58.2 Å². The highest BCUT2D eigenvalue weighted by molar-refractivity contribution is 7.89. The normalized spacial score (nSPS) is 25.2. The van der Waals surface area contributed by atoms with E-state index in [4.69, 9.17) is 0 Å². The maximum absolute atomic E-state index is 12.6. The van der Waals surface area contributed by atoms with Crippen LogP contribution in [0.25, 0.3) is 0 Å². The molecule has 34 heavy (non-hydrogen) atoms. The van der Waals surface area contributed by atoms with Gasteiger partial charge in [0.25, 0.3) is 0 Å². The zero-order valence-electron chi connectivity index (χ0n) is 19.4. The zero-order valence-corrected chi connectivity index (χ0v) is 20.2. The highest BCUT2D eigenvalue weighted by Crippen LogP contribution is 2.60. The summed E-state index contributed by atoms with van der Waals surface area (Å²) in [4.78, 5) is 2.63. The van der Waals surface area contributed by atoms with Crippen LogP contribution in [-0.4, -0.2) is 45.1 Å². The molecule has 5 nitrogen and oxygen atoms in total. The number of sulfonamides is 1. The molecule has 3 aliphatic rings. The number of hydrogen-bond acceptors (Lipinski definition) is 4. The van der Waals surface area contributed by atoms with Crippen LogP contribution in [0.3, 0.4) is 0 Å². The minimum absolute atomic E-state index is 0.0132. The molecule has 6 rings (SSSR count). The maximum atomic E-state index is 12.6. The highest BCUT2D eigenvalue weighted by atomic mass is 32.2. The molecule has 1 aliphatic heterocycles. The Balaban J connectivity index is 1.29. The summed E-state index contributed by atoms with van der Waals surface area (Å²) in [6.45, 7) is 2.37. The number of piperidine rings is 1. The number of nitrogens with one attached hydrogen (secondary N) is 1. The number of rotatable bonds is 5. The lowest BCUT2D eigenvalue weighted by atomic mass is 9.74. The molecule has 6 heteroatoms. The summed E-state index contributed by atoms with van der Waals surface area (Å²) in [5.74, 6) is 0.466. The van der Waals surface area contributed by atoms with Crippen molar-refractivity contribution >= 4 is 10.0 Å². The summed E-state index contributed by atoms with van der Waals surface area (Å²) in [6, 6.07) is 24.6. The van der Waals surface area contributed by atoms with E-state index < -0.39 is 15.6 Å². The van der Waals surface area contributed by atoms with Gasteiger partial charge in [0, 0.05) is 36.5 Å². The van der Waals surface area contributed by atoms with Crippen LogP contribution in [0.2, 0.25) is 0 Å². The van der Waals surface area contributed by atoms with E-state index in [0.29, 0.717) is 24.3 Å². The summed E-state index contributed by atoms with van der Waals surface area (Å²) in [7, 11) is -2.24. The van der Waals surface area contributed by atoms with E-state index in [1.54, 1.807) is 24.3 Å². The molecule has 0 saturated carbocycles. The Bertz CT molecular complexity index is 1310. The van der Waals surface area contributed by atoms with Crippen molar-refractivity contribution in [3.63, 3.8) is 0 Å². The first-order chi connectivity index (χ1) is 16.4. The van der Waals surface area contributed by atoms with Crippen LogP contribution in [0.5, 0.6) is 0 Å². The van der Waals surface area contributed by atoms with E-state index in [0.717, 1.165) is 26.1 Å². The van der Waals surface area contributed by atoms with Crippen LogP contribution in [0.4, 0.5) is 0 Å². The quantitative estimate of drug-likeness (QED) is 0.592. The number of nitrogens with zero attached hydrogens (tertiary/aromatic N) is 1. The van der Waals surface area contributed by atoms with Gasteiger partial charge in [-0.15, -0.1) is 0 Å². The molecule has 3 aromatic rings. The molecular formula is C28H30N2O3S. The lowest BCUT2D eigenvalue weighted by Crippen LogP contribution is -2.48. The van der Waals surface area contributed by atoms with Crippen LogP contribution < -0.4 is 4.72 Å². The molecule has 0 aromatic heterocycles. The Morgan fingerprint density at radius 1 is 0.882 bits per heavy atom. The van der Waals surface area contributed by atoms with Gasteiger partial charge in [-0.25, -0.2) is 13.1 Å². The summed E-state index contributed by atoms with van der Waals surface area (Å²) in [5.41, 5.74) is 5.15. The van der Waals surface area contributed by atoms with E-state index in [9.17, 15) is 13.5 Å². The van der Waals surface area contributed by atoms with E-state index >= 15 is 0 Å². The first-order valence-electron chi connectivity index (χ1n) is 12.0. The summed E-state index contributed by atoms with van der Waals surface area (Å²) in [6.07, 6.45) is 2.12. The molecule has 1 saturated heterocycles. The molecule has 2 N–H and O–H groups in total. The predicted molar refractivity (Wildman–Crippen MR) is 132 cm³/mol. The predicted octanol–water partition coefficient (Wildman–Crippen LogP) is 3.71. The third-order valence-electron chi connectivity index (χ3n) is 8.38. The third kappa shape index (κ3) is 3.13. The molecule has 0 radical (unpaired) electrons. The molecule has 2 bridgehead atoms. The van der Waals surface area contributed by atoms with Gasteiger partial charge in [0.2, 0.25) is 10.0 Å². The molecule has 0 amide bonds. The van der Waals surface area contributed by atoms with Crippen molar-refractivity contribution in [1.82, 2.24) is 9.62 Å². The number of benzene rings is 3. The van der Waals surface area contributed by atoms with Crippen molar-refractivity contribution < 1.29 is 13.5 Å². The van der Waals surface area contributed by atoms with Crippen molar-refractivity contribution in [1.29, 1.82) is 0 Å². The Labute approximate surface area is 201 Å². The number of aliphatic hydroxyl groups is 1. The SMILES string of the molecule is CNS(=O)(=O)c1ccccc1C1(O)CCN(CC23CC(c4ccccc42)c2ccccc23)CC1. The smallest absolute Gasteiger partial charge is 0.240 e. The monoisotopic (exact) mass is 474 g/mol. The molecule has 1 heterocycles. The maximum Gasteiger partial charge on any atom is 0.240 e. The van der Waals surface area contributed by atoms with Crippen LogP contribution in [0.1, 0.15) is 53.0 Å². The van der Waals surface area contributed by atoms with Gasteiger partial charge in [0.05, 0.1) is 10.5 Å². The third-order valence-corrected chi connectivity index (χ3v) is 9.85. The number of fused-ring (bicyclic) bond motifs is 8. The Hall–Kier alpha value is -2.51. The van der Waals surface area contributed by atoms with Gasteiger partial charge in [-0.2, -0.15) is 0 Å². The first-order valence-corrected chi connectivity index (χ1v) is 13.5. The van der Waals surface area contributed by atoms with Gasteiger partial charge in [-0.05, 0) is 54.6 Å². The van der Waals surface area contributed by atoms with Crippen molar-refractivity contribution in [3.8, 4) is 0 Å². The fourth-order valence-corrected chi connectivity index (χ4v) is 7.76. The van der Waals surface area contributed by atoms with E-state index in [1.165, 1.54) is 29.3 Å². The zero-order chi connectivity index (χ0) is 23.6. The molecule has 3 aromatic carbocycles. The van der Waals surface area contributed by atoms with Crippen LogP contribution in [0.15, 0.2) is 77.7 Å². The Morgan fingerprint density at radius 2 is 1.41 bits per heavy atom.